The number of carboxylic acid groups (broad SMARTS) is 1. The Labute approximate surface area is 126 Å². The molecule has 0 radical (unpaired) electrons. The van der Waals surface area contributed by atoms with E-state index in [2.05, 4.69) is 15.0 Å². The van der Waals surface area contributed by atoms with Gasteiger partial charge in [0.15, 0.2) is 23.5 Å². The Bertz CT molecular complexity index is 817. The van der Waals surface area contributed by atoms with E-state index in [4.69, 9.17) is 15.6 Å². The molecule has 2 aromatic rings. The molecule has 0 bridgehead atoms. The quantitative estimate of drug-likeness (QED) is 0.333. The molecule has 0 aliphatic carbocycles. The maximum atomic E-state index is 11.7. The van der Waals surface area contributed by atoms with Crippen LogP contribution in [0.2, 0.25) is 0 Å². The first-order valence-electron chi connectivity index (χ1n) is 6.46. The third-order valence-corrected chi connectivity index (χ3v) is 3.56. The third-order valence-electron chi connectivity index (χ3n) is 3.56. The zero-order valence-corrected chi connectivity index (χ0v) is 11.4. The number of carbonyl (C=O) groups is 1. The average molecular weight is 327 g/mol. The molecule has 0 aromatic carbocycles. The van der Waals surface area contributed by atoms with Gasteiger partial charge in [-0.1, -0.05) is 0 Å². The molecule has 1 fully saturated rings. The van der Waals surface area contributed by atoms with Crippen molar-refractivity contribution in [2.45, 2.75) is 30.6 Å². The number of aliphatic hydroxyl groups is 3. The Morgan fingerprint density at radius 2 is 2.13 bits per heavy atom. The van der Waals surface area contributed by atoms with Crippen LogP contribution in [0.3, 0.4) is 0 Å². The number of fused-ring (bicyclic) bond motifs is 1. The Kier molecular flexibility index (Phi) is 3.52. The lowest BCUT2D eigenvalue weighted by molar-refractivity contribution is -0.160. The summed E-state index contributed by atoms with van der Waals surface area (Å²) in [4.78, 5) is 32.5. The fraction of sp³-hybridized carbons (Fsp3) is 0.455. The number of aliphatic hydroxyl groups excluding tert-OH is 3. The Hall–Kier alpha value is -2.54. The summed E-state index contributed by atoms with van der Waals surface area (Å²) in [5.41, 5.74) is 4.74. The number of aliphatic carboxylic acids is 1. The number of ether oxygens (including phenoxy) is 1. The highest BCUT2D eigenvalue weighted by Crippen LogP contribution is 2.32. The molecule has 0 amide bonds. The molecule has 2 aromatic heterocycles. The smallest absolute Gasteiger partial charge is 0.335 e. The summed E-state index contributed by atoms with van der Waals surface area (Å²) < 4.78 is 6.37. The number of nitrogens with two attached hydrogens (primary N) is 1. The summed E-state index contributed by atoms with van der Waals surface area (Å²) in [6.45, 7) is 0. The van der Waals surface area contributed by atoms with E-state index in [1.54, 1.807) is 0 Å². The maximum absolute atomic E-state index is 11.7. The molecule has 3 heterocycles. The van der Waals surface area contributed by atoms with E-state index in [0.29, 0.717) is 0 Å². The lowest BCUT2D eigenvalue weighted by atomic mass is 10.1. The van der Waals surface area contributed by atoms with Crippen molar-refractivity contribution in [2.24, 2.45) is 0 Å². The molecule has 1 aliphatic heterocycles. The molecule has 0 saturated carbocycles. The minimum absolute atomic E-state index is 0.0204. The number of nitrogens with one attached hydrogen (secondary N) is 1. The van der Waals surface area contributed by atoms with Gasteiger partial charge >= 0.3 is 5.97 Å². The molecule has 12 nitrogen and oxygen atoms in total. The average Bonchev–Trinajstić information content (AvgIpc) is 3.01. The van der Waals surface area contributed by atoms with E-state index in [1.807, 2.05) is 0 Å². The highest BCUT2D eigenvalue weighted by molar-refractivity contribution is 5.73. The Morgan fingerprint density at radius 3 is 2.78 bits per heavy atom. The molecule has 3 rings (SSSR count). The molecule has 5 atom stereocenters. The van der Waals surface area contributed by atoms with Crippen LogP contribution in [-0.2, 0) is 9.53 Å². The van der Waals surface area contributed by atoms with E-state index >= 15 is 0 Å². The minimum Gasteiger partial charge on any atom is -0.479 e. The molecule has 0 spiro atoms. The van der Waals surface area contributed by atoms with Gasteiger partial charge in [-0.05, 0) is 0 Å². The zero-order chi connectivity index (χ0) is 16.9. The number of rotatable bonds is 3. The number of imidazole rings is 1. The summed E-state index contributed by atoms with van der Waals surface area (Å²) >= 11 is 0. The fourth-order valence-corrected chi connectivity index (χ4v) is 2.45. The van der Waals surface area contributed by atoms with Crippen LogP contribution in [0.5, 0.6) is 0 Å². The van der Waals surface area contributed by atoms with Crippen LogP contribution in [0.25, 0.3) is 11.2 Å². The van der Waals surface area contributed by atoms with Gasteiger partial charge in [-0.25, -0.2) is 9.78 Å². The molecule has 23 heavy (non-hydrogen) atoms. The second-order valence-corrected chi connectivity index (χ2v) is 5.03. The van der Waals surface area contributed by atoms with Gasteiger partial charge in [0.05, 0.1) is 6.33 Å². The number of hydrogen-bond donors (Lipinski definition) is 6. The van der Waals surface area contributed by atoms with Crippen molar-refractivity contribution in [3.8, 4) is 0 Å². The zero-order valence-electron chi connectivity index (χ0n) is 11.4. The van der Waals surface area contributed by atoms with Gasteiger partial charge in [0.25, 0.3) is 5.56 Å². The number of nitrogens with zero attached hydrogens (tertiary/aromatic N) is 3. The minimum atomic E-state index is -2.04. The first-order valence-corrected chi connectivity index (χ1v) is 6.46. The molecule has 7 N–H and O–H groups in total. The first-order chi connectivity index (χ1) is 10.8. The van der Waals surface area contributed by atoms with Crippen LogP contribution >= 0.6 is 0 Å². The number of carboxylic acids is 1. The largest absolute Gasteiger partial charge is 0.479 e. The van der Waals surface area contributed by atoms with Crippen molar-refractivity contribution in [1.29, 1.82) is 0 Å². The predicted molar refractivity (Wildman–Crippen MR) is 72.1 cm³/mol. The van der Waals surface area contributed by atoms with Gasteiger partial charge in [-0.2, -0.15) is 4.98 Å². The Balaban J connectivity index is 2.03. The number of nitrogen functional groups attached to an aromatic ring is 1. The maximum Gasteiger partial charge on any atom is 0.335 e. The number of hydrogen-bond acceptors (Lipinski definition) is 9. The molecule has 1 saturated heterocycles. The molecule has 124 valence electrons. The third kappa shape index (κ3) is 2.33. The first kappa shape index (κ1) is 15.4. The summed E-state index contributed by atoms with van der Waals surface area (Å²) in [5.74, 6) is -1.81. The van der Waals surface area contributed by atoms with E-state index < -0.39 is 42.2 Å². The second-order valence-electron chi connectivity index (χ2n) is 5.03. The summed E-state index contributed by atoms with van der Waals surface area (Å²) in [6, 6.07) is 0. The highest BCUT2D eigenvalue weighted by atomic mass is 16.6. The summed E-state index contributed by atoms with van der Waals surface area (Å²) in [6.07, 6.45) is -7.02. The van der Waals surface area contributed by atoms with Crippen LogP contribution < -0.4 is 11.3 Å². The topological polar surface area (TPSA) is 197 Å². The van der Waals surface area contributed by atoms with E-state index in [-0.39, 0.29) is 17.1 Å². The van der Waals surface area contributed by atoms with Crippen molar-refractivity contribution in [3.05, 3.63) is 16.7 Å². The van der Waals surface area contributed by atoms with Gasteiger partial charge in [-0.15, -0.1) is 0 Å². The van der Waals surface area contributed by atoms with Gasteiger partial charge in [0.2, 0.25) is 5.95 Å². The molecule has 12 heteroatoms. The SMILES string of the molecule is Nc1nc2c(ncn2[C@@H]2O[C@H](C(O)C(=O)O)[C@@H](O)[C@H]2O)c(=O)[nH]1. The number of aromatic nitrogens is 4. The monoisotopic (exact) mass is 327 g/mol. The lowest BCUT2D eigenvalue weighted by Crippen LogP contribution is -2.42. The van der Waals surface area contributed by atoms with Crippen LogP contribution in [0.4, 0.5) is 5.95 Å². The van der Waals surface area contributed by atoms with E-state index in [9.17, 15) is 24.9 Å². The number of anilines is 1. The van der Waals surface area contributed by atoms with Crippen LogP contribution in [0.1, 0.15) is 6.23 Å². The fourth-order valence-electron chi connectivity index (χ4n) is 2.45. The molecular weight excluding hydrogens is 314 g/mol. The normalized spacial score (nSPS) is 29.0. The van der Waals surface area contributed by atoms with Crippen molar-refractivity contribution in [1.82, 2.24) is 19.5 Å². The molecule has 1 aliphatic rings. The lowest BCUT2D eigenvalue weighted by Gasteiger charge is -2.17. The van der Waals surface area contributed by atoms with Crippen molar-refractivity contribution < 1.29 is 30.0 Å². The van der Waals surface area contributed by atoms with Crippen molar-refractivity contribution in [3.63, 3.8) is 0 Å². The highest BCUT2D eigenvalue weighted by Gasteiger charge is 2.49. The standard InChI is InChI=1S/C11H13N5O7/c12-11-14-7-2(8(20)15-11)13-1-16(7)9-4(18)3(17)6(23-9)5(19)10(21)22/h1,3-6,9,17-19H,(H,21,22)(H3,12,14,15,20)/t3-,4+,5?,6-,9+/m0/s1. The van der Waals surface area contributed by atoms with Crippen LogP contribution in [0, 0.1) is 0 Å². The van der Waals surface area contributed by atoms with Gasteiger partial charge < -0.3 is 30.9 Å². The van der Waals surface area contributed by atoms with Crippen molar-refractivity contribution >= 4 is 23.1 Å². The number of H-pyrrole nitrogens is 1. The predicted octanol–water partition coefficient (Wildman–Crippen LogP) is -3.23. The van der Waals surface area contributed by atoms with Crippen LogP contribution in [-0.4, -0.2) is 70.3 Å². The van der Waals surface area contributed by atoms with Gasteiger partial charge in [0, 0.05) is 0 Å². The van der Waals surface area contributed by atoms with Crippen LogP contribution in [0.15, 0.2) is 11.1 Å². The van der Waals surface area contributed by atoms with E-state index in [0.717, 1.165) is 10.9 Å². The molecule has 1 unspecified atom stereocenters. The summed E-state index contributed by atoms with van der Waals surface area (Å²) in [7, 11) is 0. The van der Waals surface area contributed by atoms with Gasteiger partial charge in [-0.3, -0.25) is 14.3 Å². The number of aromatic amines is 1. The molecular formula is C11H13N5O7. The van der Waals surface area contributed by atoms with Gasteiger partial charge in [0.1, 0.15) is 18.3 Å². The Morgan fingerprint density at radius 1 is 1.43 bits per heavy atom. The van der Waals surface area contributed by atoms with E-state index in [1.165, 1.54) is 0 Å². The summed E-state index contributed by atoms with van der Waals surface area (Å²) in [5, 5.41) is 38.2. The van der Waals surface area contributed by atoms with Crippen molar-refractivity contribution in [2.75, 3.05) is 5.73 Å². The second kappa shape index (κ2) is 5.27.